The molecule has 12 heteroatoms. The van der Waals surface area contributed by atoms with Gasteiger partial charge in [0, 0.05) is 6.20 Å². The number of phosphoric ester groups is 1. The number of H-pyrrole nitrogens is 1. The minimum absolute atomic E-state index is 0.180. The Kier molecular flexibility index (Phi) is 4.71. The molecule has 1 saturated heterocycles. The molecule has 0 aliphatic carbocycles. The van der Waals surface area contributed by atoms with E-state index in [9.17, 15) is 19.6 Å². The van der Waals surface area contributed by atoms with Crippen molar-refractivity contribution in [2.24, 2.45) is 0 Å². The molecule has 1 aromatic rings. The molecular formula is C10H15N2O8PS. The number of phosphoric acid groups is 1. The second-order valence-electron chi connectivity index (χ2n) is 4.91. The summed E-state index contributed by atoms with van der Waals surface area (Å²) in [5.74, 6) is 0. The summed E-state index contributed by atoms with van der Waals surface area (Å²) in [5, 5.41) is 20.1. The minimum Gasteiger partial charge on any atom is -0.387 e. The Morgan fingerprint density at radius 3 is 2.73 bits per heavy atom. The summed E-state index contributed by atoms with van der Waals surface area (Å²) < 4.78 is 21.6. The predicted octanol–water partition coefficient (Wildman–Crippen LogP) is -1.19. The number of ether oxygens (including phenoxy) is 1. The molecule has 0 spiro atoms. The highest BCUT2D eigenvalue weighted by Gasteiger charge is 2.53. The van der Waals surface area contributed by atoms with Gasteiger partial charge in [0.05, 0.1) is 6.61 Å². The van der Waals surface area contributed by atoms with Crippen molar-refractivity contribution in [1.29, 1.82) is 0 Å². The van der Waals surface area contributed by atoms with Crippen LogP contribution in [-0.2, 0) is 19.6 Å². The van der Waals surface area contributed by atoms with Gasteiger partial charge in [-0.3, -0.25) is 14.1 Å². The molecule has 1 aromatic heterocycles. The monoisotopic (exact) mass is 354 g/mol. The van der Waals surface area contributed by atoms with E-state index in [0.29, 0.717) is 0 Å². The summed E-state index contributed by atoms with van der Waals surface area (Å²) in [6.45, 7) is 0.687. The van der Waals surface area contributed by atoms with Crippen LogP contribution in [0.4, 0.5) is 0 Å². The van der Waals surface area contributed by atoms with Crippen LogP contribution >= 0.6 is 20.0 Å². The van der Waals surface area contributed by atoms with Crippen molar-refractivity contribution in [1.82, 2.24) is 9.55 Å². The van der Waals surface area contributed by atoms with Crippen molar-refractivity contribution < 1.29 is 33.8 Å². The summed E-state index contributed by atoms with van der Waals surface area (Å²) in [6, 6.07) is 1.39. The number of aromatic nitrogens is 2. The Labute approximate surface area is 129 Å². The Bertz CT molecular complexity index is 713. The summed E-state index contributed by atoms with van der Waals surface area (Å²) in [4.78, 5) is 31.6. The lowest BCUT2D eigenvalue weighted by Gasteiger charge is -2.29. The predicted molar refractivity (Wildman–Crippen MR) is 74.4 cm³/mol. The van der Waals surface area contributed by atoms with Crippen molar-refractivity contribution in [3.63, 3.8) is 0 Å². The van der Waals surface area contributed by atoms with Gasteiger partial charge in [0.25, 0.3) is 0 Å². The highest BCUT2D eigenvalue weighted by Crippen LogP contribution is 2.39. The highest BCUT2D eigenvalue weighted by molar-refractivity contribution is 7.71. The molecule has 2 heterocycles. The van der Waals surface area contributed by atoms with E-state index in [2.05, 4.69) is 9.51 Å². The topological polar surface area (TPSA) is 154 Å². The standard InChI is InChI=1S/C10H15N2O8PS/c1-10(12-3-2-6(22)11-9(12)15)8(14)7(13)5(20-10)4-19-21(16,17)18/h2-3,5,7-8,13-14H,4H2,1H3,(H,11,15,22)(H2,16,17,18)/t5-,7-,8-,10-/m1/s1. The third-order valence-electron chi connectivity index (χ3n) is 3.35. The lowest BCUT2D eigenvalue weighted by molar-refractivity contribution is -0.136. The van der Waals surface area contributed by atoms with Gasteiger partial charge in [-0.05, 0) is 13.0 Å². The molecule has 0 radical (unpaired) electrons. The Morgan fingerprint density at radius 2 is 2.18 bits per heavy atom. The molecule has 0 unspecified atom stereocenters. The second kappa shape index (κ2) is 5.95. The van der Waals surface area contributed by atoms with Gasteiger partial charge in [-0.1, -0.05) is 12.2 Å². The minimum atomic E-state index is -4.76. The van der Waals surface area contributed by atoms with Crippen LogP contribution < -0.4 is 5.69 Å². The van der Waals surface area contributed by atoms with E-state index in [0.717, 1.165) is 4.57 Å². The third-order valence-corrected chi connectivity index (χ3v) is 4.08. The molecular weight excluding hydrogens is 339 g/mol. The number of nitrogens with zero attached hydrogens (tertiary/aromatic N) is 1. The molecule has 124 valence electrons. The SMILES string of the molecule is C[C@@]1(n2ccc(=S)[nH]c2=O)O[C@H](COP(=O)(O)O)[C@@H](O)[C@H]1O. The van der Waals surface area contributed by atoms with Crippen LogP contribution in [-0.4, -0.2) is 54.5 Å². The van der Waals surface area contributed by atoms with Gasteiger partial charge < -0.3 is 24.7 Å². The molecule has 5 N–H and O–H groups in total. The van der Waals surface area contributed by atoms with Crippen LogP contribution in [0.2, 0.25) is 0 Å². The number of aliphatic hydroxyl groups excluding tert-OH is 2. The van der Waals surface area contributed by atoms with Crippen LogP contribution in [0.1, 0.15) is 6.92 Å². The summed E-state index contributed by atoms with van der Waals surface area (Å²) >= 11 is 4.80. The number of nitrogens with one attached hydrogen (secondary N) is 1. The van der Waals surface area contributed by atoms with Crippen LogP contribution in [0.15, 0.2) is 17.1 Å². The van der Waals surface area contributed by atoms with E-state index in [1.54, 1.807) is 0 Å². The second-order valence-corrected chi connectivity index (χ2v) is 6.59. The van der Waals surface area contributed by atoms with Gasteiger partial charge >= 0.3 is 13.5 Å². The van der Waals surface area contributed by atoms with Gasteiger partial charge in [-0.15, -0.1) is 0 Å². The first-order valence-electron chi connectivity index (χ1n) is 6.11. The largest absolute Gasteiger partial charge is 0.469 e. The molecule has 0 saturated carbocycles. The highest BCUT2D eigenvalue weighted by atomic mass is 32.1. The summed E-state index contributed by atoms with van der Waals surface area (Å²) in [7, 11) is -4.76. The van der Waals surface area contributed by atoms with Gasteiger partial charge in [0.15, 0.2) is 5.72 Å². The van der Waals surface area contributed by atoms with Gasteiger partial charge in [0.2, 0.25) is 0 Å². The molecule has 0 aromatic carbocycles. The van der Waals surface area contributed by atoms with E-state index in [1.807, 2.05) is 0 Å². The maximum absolute atomic E-state index is 11.9. The number of hydrogen-bond acceptors (Lipinski definition) is 7. The van der Waals surface area contributed by atoms with Crippen molar-refractivity contribution in [2.75, 3.05) is 6.61 Å². The Morgan fingerprint density at radius 1 is 1.55 bits per heavy atom. The first-order chi connectivity index (χ1) is 10.0. The number of rotatable bonds is 4. The van der Waals surface area contributed by atoms with Gasteiger partial charge in [-0.2, -0.15) is 0 Å². The zero-order valence-electron chi connectivity index (χ0n) is 11.3. The third kappa shape index (κ3) is 3.36. The number of hydrogen-bond donors (Lipinski definition) is 5. The van der Waals surface area contributed by atoms with Crippen molar-refractivity contribution >= 4 is 20.0 Å². The zero-order chi connectivity index (χ0) is 16.7. The number of aromatic amines is 1. The van der Waals surface area contributed by atoms with Gasteiger partial charge in [-0.25, -0.2) is 9.36 Å². The average molecular weight is 354 g/mol. The maximum atomic E-state index is 11.9. The maximum Gasteiger partial charge on any atom is 0.469 e. The normalized spacial score (nSPS) is 32.3. The molecule has 10 nitrogen and oxygen atoms in total. The molecule has 4 atom stereocenters. The molecule has 0 bridgehead atoms. The fourth-order valence-corrected chi connectivity index (χ4v) is 2.72. The van der Waals surface area contributed by atoms with E-state index < -0.39 is 44.2 Å². The van der Waals surface area contributed by atoms with E-state index in [-0.39, 0.29) is 4.64 Å². The number of aliphatic hydroxyl groups is 2. The van der Waals surface area contributed by atoms with Crippen LogP contribution in [0.3, 0.4) is 0 Å². The van der Waals surface area contributed by atoms with E-state index in [4.69, 9.17) is 26.7 Å². The summed E-state index contributed by atoms with van der Waals surface area (Å²) in [6.07, 6.45) is -2.99. The zero-order valence-corrected chi connectivity index (χ0v) is 13.0. The Hall–Kier alpha value is -0.910. The molecule has 2 rings (SSSR count). The molecule has 0 amide bonds. The molecule has 22 heavy (non-hydrogen) atoms. The molecule has 1 aliphatic heterocycles. The quantitative estimate of drug-likeness (QED) is 0.331. The van der Waals surface area contributed by atoms with Crippen molar-refractivity contribution in [2.45, 2.75) is 31.0 Å². The van der Waals surface area contributed by atoms with E-state index >= 15 is 0 Å². The van der Waals surface area contributed by atoms with Crippen LogP contribution in [0.5, 0.6) is 0 Å². The lowest BCUT2D eigenvalue weighted by Crippen LogP contribution is -2.48. The smallest absolute Gasteiger partial charge is 0.387 e. The van der Waals surface area contributed by atoms with Gasteiger partial charge in [0.1, 0.15) is 23.0 Å². The van der Waals surface area contributed by atoms with Crippen LogP contribution in [0.25, 0.3) is 0 Å². The fourth-order valence-electron chi connectivity index (χ4n) is 2.24. The Balaban J connectivity index is 2.30. The fraction of sp³-hybridized carbons (Fsp3) is 0.600. The van der Waals surface area contributed by atoms with Crippen molar-refractivity contribution in [3.05, 3.63) is 27.4 Å². The average Bonchev–Trinajstić information content (AvgIpc) is 2.61. The first kappa shape index (κ1) is 17.4. The first-order valence-corrected chi connectivity index (χ1v) is 8.05. The van der Waals surface area contributed by atoms with Crippen molar-refractivity contribution in [3.8, 4) is 0 Å². The summed E-state index contributed by atoms with van der Waals surface area (Å²) in [5.41, 5.74) is -2.32. The molecule has 1 aliphatic rings. The van der Waals surface area contributed by atoms with Crippen LogP contribution in [0, 0.1) is 4.64 Å². The van der Waals surface area contributed by atoms with E-state index in [1.165, 1.54) is 19.2 Å². The molecule has 1 fully saturated rings. The lowest BCUT2D eigenvalue weighted by atomic mass is 10.0.